The summed E-state index contributed by atoms with van der Waals surface area (Å²) in [5, 5.41) is 9.52. The molecule has 1 aliphatic heterocycles. The van der Waals surface area contributed by atoms with Crippen molar-refractivity contribution in [3.8, 4) is 5.75 Å². The lowest BCUT2D eigenvalue weighted by Gasteiger charge is -2.32. The summed E-state index contributed by atoms with van der Waals surface area (Å²) in [7, 11) is 1.45. The maximum absolute atomic E-state index is 12.4. The minimum absolute atomic E-state index is 0.00814. The highest BCUT2D eigenvalue weighted by Crippen LogP contribution is 2.26. The van der Waals surface area contributed by atoms with Gasteiger partial charge in [-0.05, 0) is 18.2 Å². The molecule has 1 aromatic rings. The van der Waals surface area contributed by atoms with Crippen LogP contribution in [0.5, 0.6) is 5.75 Å². The number of amides is 1. The predicted octanol–water partition coefficient (Wildman–Crippen LogP) is 1.27. The van der Waals surface area contributed by atoms with Crippen LogP contribution in [-0.4, -0.2) is 54.8 Å². The molecule has 0 radical (unpaired) electrons. The van der Waals surface area contributed by atoms with Crippen molar-refractivity contribution in [2.75, 3.05) is 26.9 Å². The fourth-order valence-electron chi connectivity index (χ4n) is 2.01. The first-order valence-corrected chi connectivity index (χ1v) is 6.37. The number of aliphatic carboxylic acids is 1. The zero-order valence-corrected chi connectivity index (χ0v) is 11.6. The molecule has 1 saturated heterocycles. The van der Waals surface area contributed by atoms with Gasteiger partial charge in [-0.1, -0.05) is 11.6 Å². The van der Waals surface area contributed by atoms with E-state index in [1.165, 1.54) is 18.1 Å². The van der Waals surface area contributed by atoms with Gasteiger partial charge in [0.25, 0.3) is 5.91 Å². The van der Waals surface area contributed by atoms with E-state index in [-0.39, 0.29) is 19.1 Å². The van der Waals surface area contributed by atoms with Crippen molar-refractivity contribution in [2.24, 2.45) is 0 Å². The van der Waals surface area contributed by atoms with E-state index in [1.807, 2.05) is 0 Å². The van der Waals surface area contributed by atoms with E-state index in [0.29, 0.717) is 22.9 Å². The van der Waals surface area contributed by atoms with Crippen molar-refractivity contribution in [2.45, 2.75) is 6.04 Å². The molecule has 1 amide bonds. The highest BCUT2D eigenvalue weighted by atomic mass is 35.5. The Morgan fingerprint density at radius 1 is 1.50 bits per heavy atom. The molecule has 108 valence electrons. The van der Waals surface area contributed by atoms with Crippen LogP contribution in [0, 0.1) is 0 Å². The van der Waals surface area contributed by atoms with Crippen LogP contribution in [0.15, 0.2) is 18.2 Å². The number of morpholine rings is 1. The lowest BCUT2D eigenvalue weighted by molar-refractivity contribution is -0.147. The summed E-state index contributed by atoms with van der Waals surface area (Å²) in [6.07, 6.45) is 0. The van der Waals surface area contributed by atoms with Crippen LogP contribution < -0.4 is 4.74 Å². The third-order valence-electron chi connectivity index (χ3n) is 3.07. The summed E-state index contributed by atoms with van der Waals surface area (Å²) in [6, 6.07) is 3.61. The van der Waals surface area contributed by atoms with Crippen molar-refractivity contribution in [3.05, 3.63) is 28.8 Å². The molecule has 0 saturated carbocycles. The Labute approximate surface area is 120 Å². The van der Waals surface area contributed by atoms with Gasteiger partial charge >= 0.3 is 5.97 Å². The van der Waals surface area contributed by atoms with Crippen molar-refractivity contribution in [1.82, 2.24) is 4.90 Å². The molecule has 0 spiro atoms. The lowest BCUT2D eigenvalue weighted by atomic mass is 10.1. The van der Waals surface area contributed by atoms with Gasteiger partial charge in [-0.15, -0.1) is 0 Å². The summed E-state index contributed by atoms with van der Waals surface area (Å²) in [5.41, 5.74) is 0.333. The third kappa shape index (κ3) is 2.86. The normalized spacial score (nSPS) is 18.7. The van der Waals surface area contributed by atoms with Gasteiger partial charge in [-0.3, -0.25) is 4.79 Å². The maximum atomic E-state index is 12.4. The van der Waals surface area contributed by atoms with Crippen molar-refractivity contribution in [1.29, 1.82) is 0 Å². The average molecular weight is 300 g/mol. The molecule has 1 aromatic carbocycles. The summed E-state index contributed by atoms with van der Waals surface area (Å²) >= 11 is 5.90. The van der Waals surface area contributed by atoms with E-state index in [0.717, 1.165) is 0 Å². The largest absolute Gasteiger partial charge is 0.495 e. The maximum Gasteiger partial charge on any atom is 0.328 e. The molecular weight excluding hydrogens is 286 g/mol. The zero-order chi connectivity index (χ0) is 14.7. The first-order chi connectivity index (χ1) is 9.54. The summed E-state index contributed by atoms with van der Waals surface area (Å²) in [5.74, 6) is -1.09. The minimum Gasteiger partial charge on any atom is -0.495 e. The molecule has 7 heteroatoms. The number of carboxylic acids is 1. The number of hydrogen-bond acceptors (Lipinski definition) is 4. The van der Waals surface area contributed by atoms with E-state index in [9.17, 15) is 9.59 Å². The molecule has 2 rings (SSSR count). The molecule has 1 heterocycles. The Morgan fingerprint density at radius 2 is 2.25 bits per heavy atom. The Morgan fingerprint density at radius 3 is 2.90 bits per heavy atom. The first-order valence-electron chi connectivity index (χ1n) is 5.99. The Kier molecular flexibility index (Phi) is 4.46. The first kappa shape index (κ1) is 14.6. The van der Waals surface area contributed by atoms with Crippen LogP contribution in [0.2, 0.25) is 5.02 Å². The van der Waals surface area contributed by atoms with Crippen molar-refractivity contribution < 1.29 is 24.2 Å². The average Bonchev–Trinajstić information content (AvgIpc) is 2.47. The number of halogens is 1. The van der Waals surface area contributed by atoms with Crippen LogP contribution in [0.3, 0.4) is 0 Å². The quantitative estimate of drug-likeness (QED) is 0.910. The monoisotopic (exact) mass is 299 g/mol. The second-order valence-corrected chi connectivity index (χ2v) is 4.68. The molecule has 1 N–H and O–H groups in total. The van der Waals surface area contributed by atoms with E-state index in [2.05, 4.69) is 0 Å². The van der Waals surface area contributed by atoms with Gasteiger partial charge in [0.15, 0.2) is 6.04 Å². The number of ether oxygens (including phenoxy) is 2. The van der Waals surface area contributed by atoms with Crippen LogP contribution in [-0.2, 0) is 9.53 Å². The number of carbonyl (C=O) groups excluding carboxylic acids is 1. The number of carboxylic acid groups (broad SMARTS) is 1. The predicted molar refractivity (Wildman–Crippen MR) is 71.3 cm³/mol. The van der Waals surface area contributed by atoms with Crippen molar-refractivity contribution >= 4 is 23.5 Å². The minimum atomic E-state index is -1.08. The van der Waals surface area contributed by atoms with Gasteiger partial charge in [0.2, 0.25) is 0 Å². The molecule has 1 fully saturated rings. The zero-order valence-electron chi connectivity index (χ0n) is 10.8. The van der Waals surface area contributed by atoms with E-state index < -0.39 is 12.0 Å². The second-order valence-electron chi connectivity index (χ2n) is 4.28. The molecule has 0 bridgehead atoms. The van der Waals surface area contributed by atoms with Gasteiger partial charge in [0, 0.05) is 12.1 Å². The number of nitrogens with zero attached hydrogens (tertiary/aromatic N) is 1. The van der Waals surface area contributed by atoms with Gasteiger partial charge in [-0.2, -0.15) is 0 Å². The Hall–Kier alpha value is -1.79. The Bertz CT molecular complexity index is 533. The van der Waals surface area contributed by atoms with E-state index >= 15 is 0 Å². The van der Waals surface area contributed by atoms with Crippen LogP contribution in [0.25, 0.3) is 0 Å². The number of carbonyl (C=O) groups is 2. The number of rotatable bonds is 3. The van der Waals surface area contributed by atoms with Gasteiger partial charge in [-0.25, -0.2) is 4.79 Å². The van der Waals surface area contributed by atoms with Crippen LogP contribution >= 0.6 is 11.6 Å². The third-order valence-corrected chi connectivity index (χ3v) is 3.38. The second kappa shape index (κ2) is 6.11. The van der Waals surface area contributed by atoms with Crippen molar-refractivity contribution in [3.63, 3.8) is 0 Å². The standard InChI is InChI=1S/C13H14ClNO5/c1-19-11-6-8(2-3-9(11)14)12(16)15-4-5-20-7-10(15)13(17)18/h2-3,6,10H,4-5,7H2,1H3,(H,17,18). The molecule has 1 unspecified atom stereocenters. The van der Waals surface area contributed by atoms with Crippen LogP contribution in [0.1, 0.15) is 10.4 Å². The van der Waals surface area contributed by atoms with Gasteiger partial charge in [0.1, 0.15) is 5.75 Å². The van der Waals surface area contributed by atoms with Crippen LogP contribution in [0.4, 0.5) is 0 Å². The molecule has 1 aliphatic rings. The molecule has 0 aliphatic carbocycles. The van der Waals surface area contributed by atoms with E-state index in [4.69, 9.17) is 26.2 Å². The summed E-state index contributed by atoms with van der Waals surface area (Å²) < 4.78 is 10.2. The number of hydrogen-bond donors (Lipinski definition) is 1. The topological polar surface area (TPSA) is 76.1 Å². The molecule has 6 nitrogen and oxygen atoms in total. The molecule has 20 heavy (non-hydrogen) atoms. The molecule has 0 aromatic heterocycles. The fourth-order valence-corrected chi connectivity index (χ4v) is 2.20. The summed E-state index contributed by atoms with van der Waals surface area (Å²) in [4.78, 5) is 24.8. The van der Waals surface area contributed by atoms with Gasteiger partial charge in [0.05, 0.1) is 25.3 Å². The highest BCUT2D eigenvalue weighted by Gasteiger charge is 2.33. The number of methoxy groups -OCH3 is 1. The SMILES string of the molecule is COc1cc(C(=O)N2CCOCC2C(=O)O)ccc1Cl. The molecular formula is C13H14ClNO5. The Balaban J connectivity index is 2.27. The smallest absolute Gasteiger partial charge is 0.328 e. The summed E-state index contributed by atoms with van der Waals surface area (Å²) in [6.45, 7) is 0.548. The van der Waals surface area contributed by atoms with Gasteiger partial charge < -0.3 is 19.5 Å². The lowest BCUT2D eigenvalue weighted by Crippen LogP contribution is -2.52. The van der Waals surface area contributed by atoms with E-state index in [1.54, 1.807) is 12.1 Å². The number of benzene rings is 1. The highest BCUT2D eigenvalue weighted by molar-refractivity contribution is 6.32. The molecule has 1 atom stereocenters. The fraction of sp³-hybridized carbons (Fsp3) is 0.385.